The van der Waals surface area contributed by atoms with Gasteiger partial charge in [0.15, 0.2) is 0 Å². The Morgan fingerprint density at radius 3 is 1.92 bits per heavy atom. The molecule has 0 aromatic heterocycles. The number of hydrogen-bond acceptors (Lipinski definition) is 1. The number of rotatable bonds is 1. The highest BCUT2D eigenvalue weighted by molar-refractivity contribution is 7.59. The Bertz CT molecular complexity index is 199. The third-order valence-corrected chi connectivity index (χ3v) is 4.37. The number of nitrogens with zero attached hydrogens (tertiary/aromatic N) is 2. The van der Waals surface area contributed by atoms with Gasteiger partial charge in [-0.2, -0.15) is 0 Å². The van der Waals surface area contributed by atoms with Crippen LogP contribution in [0.25, 0.3) is 0 Å². The lowest BCUT2D eigenvalue weighted by Gasteiger charge is -2.40. The molecule has 0 amide bonds. The van der Waals surface area contributed by atoms with Gasteiger partial charge in [0.2, 0.25) is 0 Å². The lowest BCUT2D eigenvalue weighted by Crippen LogP contribution is -2.53. The molecule has 0 aromatic carbocycles. The number of piperazine rings is 1. The van der Waals surface area contributed by atoms with Crippen LogP contribution in [-0.4, -0.2) is 62.8 Å². The molecule has 4 heteroatoms. The molecule has 12 heavy (non-hydrogen) atoms. The molecule has 0 radical (unpaired) electrons. The third kappa shape index (κ3) is 2.58. The van der Waals surface area contributed by atoms with Gasteiger partial charge >= 0.3 is 0 Å². The molecule has 0 spiro atoms. The van der Waals surface area contributed by atoms with E-state index in [2.05, 4.69) is 18.8 Å². The van der Waals surface area contributed by atoms with Crippen LogP contribution in [0.15, 0.2) is 0 Å². The highest BCUT2D eigenvalue weighted by atomic mass is 31.2. The van der Waals surface area contributed by atoms with Crippen LogP contribution < -0.4 is 0 Å². The zero-order valence-electron chi connectivity index (χ0n) is 8.58. The van der Waals surface area contributed by atoms with Crippen LogP contribution >= 0.6 is 7.29 Å². The molecule has 1 aliphatic rings. The second kappa shape index (κ2) is 3.13. The molecule has 72 valence electrons. The van der Waals surface area contributed by atoms with Crippen molar-refractivity contribution in [3.63, 3.8) is 0 Å². The first-order chi connectivity index (χ1) is 5.31. The van der Waals surface area contributed by atoms with E-state index < -0.39 is 7.29 Å². The van der Waals surface area contributed by atoms with E-state index in [1.807, 2.05) is 13.3 Å². The maximum absolute atomic E-state index is 11.7. The van der Waals surface area contributed by atoms with Crippen LogP contribution in [0.4, 0.5) is 0 Å². The number of hydrogen-bond donors (Lipinski definition) is 0. The lowest BCUT2D eigenvalue weighted by molar-refractivity contribution is -0.893. The molecule has 0 aromatic rings. The van der Waals surface area contributed by atoms with Crippen molar-refractivity contribution in [2.75, 3.05) is 53.6 Å². The van der Waals surface area contributed by atoms with E-state index in [9.17, 15) is 4.57 Å². The molecule has 1 heterocycles. The van der Waals surface area contributed by atoms with Gasteiger partial charge in [0.1, 0.15) is 7.29 Å². The maximum Gasteiger partial charge on any atom is 0.144 e. The van der Waals surface area contributed by atoms with Crippen LogP contribution in [0.2, 0.25) is 0 Å². The van der Waals surface area contributed by atoms with Crippen molar-refractivity contribution < 1.29 is 9.05 Å². The number of quaternary nitrogens is 1. The molecule has 1 aliphatic heterocycles. The van der Waals surface area contributed by atoms with Crippen molar-refractivity contribution in [3.05, 3.63) is 0 Å². The third-order valence-electron chi connectivity index (χ3n) is 2.61. The molecule has 1 rings (SSSR count). The summed E-state index contributed by atoms with van der Waals surface area (Å²) >= 11 is 0. The second-order valence-corrected chi connectivity index (χ2v) is 7.78. The highest BCUT2D eigenvalue weighted by Crippen LogP contribution is 2.41. The van der Waals surface area contributed by atoms with Gasteiger partial charge in [-0.05, 0) is 0 Å². The smallest absolute Gasteiger partial charge is 0.144 e. The average Bonchev–Trinajstić information content (AvgIpc) is 1.83. The van der Waals surface area contributed by atoms with E-state index in [0.717, 1.165) is 30.7 Å². The Morgan fingerprint density at radius 2 is 1.58 bits per heavy atom. The fourth-order valence-electron chi connectivity index (χ4n) is 1.48. The van der Waals surface area contributed by atoms with Gasteiger partial charge in [0, 0.05) is 13.3 Å². The molecule has 0 atom stereocenters. The van der Waals surface area contributed by atoms with Gasteiger partial charge < -0.3 is 9.05 Å². The van der Waals surface area contributed by atoms with Crippen molar-refractivity contribution in [2.45, 2.75) is 0 Å². The molecule has 1 saturated heterocycles. The zero-order chi connectivity index (χ0) is 9.41. The maximum atomic E-state index is 11.7. The molecule has 0 aliphatic carbocycles. The van der Waals surface area contributed by atoms with E-state index in [1.165, 1.54) is 0 Å². The highest BCUT2D eigenvalue weighted by Gasteiger charge is 2.29. The molecule has 3 nitrogen and oxygen atoms in total. The van der Waals surface area contributed by atoms with Crippen LogP contribution in [0.1, 0.15) is 0 Å². The summed E-state index contributed by atoms with van der Waals surface area (Å²) < 4.78 is 14.9. The molecule has 0 saturated carbocycles. The Kier molecular flexibility index (Phi) is 2.67. The summed E-state index contributed by atoms with van der Waals surface area (Å²) in [6.07, 6.45) is 0. The second-order valence-electron chi connectivity index (χ2n) is 4.63. The Labute approximate surface area is 75.4 Å². The normalized spacial score (nSPS) is 25.7. The first kappa shape index (κ1) is 10.2. The van der Waals surface area contributed by atoms with Gasteiger partial charge in [-0.25, -0.2) is 4.67 Å². The molecule has 0 bridgehead atoms. The quantitative estimate of drug-likeness (QED) is 0.453. The SMILES string of the molecule is C[N+]1(C)CCN(P(C)(C)=O)CC1. The molecular weight excluding hydrogens is 171 g/mol. The average molecular weight is 191 g/mol. The van der Waals surface area contributed by atoms with Crippen molar-refractivity contribution in [1.29, 1.82) is 0 Å². The van der Waals surface area contributed by atoms with Gasteiger partial charge in [-0.3, -0.25) is 0 Å². The molecule has 0 N–H and O–H groups in total. The minimum absolute atomic E-state index is 0.983. The van der Waals surface area contributed by atoms with Crippen molar-refractivity contribution >= 4 is 7.29 Å². The van der Waals surface area contributed by atoms with Crippen molar-refractivity contribution in [1.82, 2.24) is 4.67 Å². The summed E-state index contributed by atoms with van der Waals surface area (Å²) in [6, 6.07) is 0. The topological polar surface area (TPSA) is 20.3 Å². The Morgan fingerprint density at radius 1 is 1.17 bits per heavy atom. The van der Waals surface area contributed by atoms with Gasteiger partial charge in [-0.15, -0.1) is 0 Å². The van der Waals surface area contributed by atoms with Gasteiger partial charge in [0.25, 0.3) is 0 Å². The first-order valence-corrected chi connectivity index (χ1v) is 6.99. The van der Waals surface area contributed by atoms with Crippen LogP contribution in [0, 0.1) is 0 Å². The zero-order valence-corrected chi connectivity index (χ0v) is 9.47. The Hall–Kier alpha value is 0.150. The summed E-state index contributed by atoms with van der Waals surface area (Å²) in [4.78, 5) is 0. The summed E-state index contributed by atoms with van der Waals surface area (Å²) in [5.74, 6) is 0. The predicted octanol–water partition coefficient (Wildman–Crippen LogP) is 0.916. The van der Waals surface area contributed by atoms with Crippen LogP contribution in [-0.2, 0) is 4.57 Å². The van der Waals surface area contributed by atoms with Gasteiger partial charge in [-0.1, -0.05) is 0 Å². The Balaban J connectivity index is 2.53. The van der Waals surface area contributed by atoms with E-state index in [4.69, 9.17) is 0 Å². The monoisotopic (exact) mass is 191 g/mol. The predicted molar refractivity (Wildman–Crippen MR) is 52.9 cm³/mol. The summed E-state index contributed by atoms with van der Waals surface area (Å²) in [7, 11) is 2.49. The molecular formula is C8H20N2OP+. The van der Waals surface area contributed by atoms with Crippen molar-refractivity contribution in [2.24, 2.45) is 0 Å². The summed E-state index contributed by atoms with van der Waals surface area (Å²) in [5, 5.41) is 0. The van der Waals surface area contributed by atoms with E-state index in [-0.39, 0.29) is 0 Å². The largest absolute Gasteiger partial charge is 0.326 e. The van der Waals surface area contributed by atoms with Crippen LogP contribution in [0.3, 0.4) is 0 Å². The van der Waals surface area contributed by atoms with E-state index in [1.54, 1.807) is 0 Å². The van der Waals surface area contributed by atoms with E-state index in [0.29, 0.717) is 0 Å². The van der Waals surface area contributed by atoms with Crippen molar-refractivity contribution in [3.8, 4) is 0 Å². The summed E-state index contributed by atoms with van der Waals surface area (Å²) in [5.41, 5.74) is 0. The summed E-state index contributed by atoms with van der Waals surface area (Å²) in [6.45, 7) is 7.92. The minimum Gasteiger partial charge on any atom is -0.326 e. The minimum atomic E-state index is -1.97. The first-order valence-electron chi connectivity index (χ1n) is 4.44. The fraction of sp³-hybridized carbons (Fsp3) is 1.00. The molecule has 1 fully saturated rings. The van der Waals surface area contributed by atoms with Crippen LogP contribution in [0.5, 0.6) is 0 Å². The molecule has 0 unspecified atom stereocenters. The standard InChI is InChI=1S/C8H20N2OP/c1-10(2)7-5-9(6-8-10)12(3,4)11/h5-8H2,1-4H3/q+1. The van der Waals surface area contributed by atoms with Gasteiger partial charge in [0.05, 0.1) is 40.3 Å². The number of likely N-dealkylation sites (N-methyl/N-ethyl adjacent to an activating group) is 1. The van der Waals surface area contributed by atoms with E-state index >= 15 is 0 Å². The lowest BCUT2D eigenvalue weighted by atomic mass is 10.3. The fourth-order valence-corrected chi connectivity index (χ4v) is 2.62.